The van der Waals surface area contributed by atoms with Crippen molar-refractivity contribution in [3.05, 3.63) is 0 Å². The molecule has 0 aromatic heterocycles. The Balaban J connectivity index is 1.71. The van der Waals surface area contributed by atoms with Crippen LogP contribution < -0.4 is 5.32 Å². The molecular formula is C14H27N. The molecule has 0 spiro atoms. The van der Waals surface area contributed by atoms with Crippen molar-refractivity contribution in [1.82, 2.24) is 5.32 Å². The molecule has 0 aliphatic heterocycles. The van der Waals surface area contributed by atoms with Gasteiger partial charge < -0.3 is 5.32 Å². The summed E-state index contributed by atoms with van der Waals surface area (Å²) in [4.78, 5) is 0. The van der Waals surface area contributed by atoms with Gasteiger partial charge in [0.25, 0.3) is 0 Å². The second kappa shape index (κ2) is 4.45. The van der Waals surface area contributed by atoms with Crippen molar-refractivity contribution in [2.75, 3.05) is 6.54 Å². The van der Waals surface area contributed by atoms with Crippen molar-refractivity contribution in [3.8, 4) is 0 Å². The number of hydrogen-bond acceptors (Lipinski definition) is 1. The van der Waals surface area contributed by atoms with Crippen molar-refractivity contribution < 1.29 is 0 Å². The Hall–Kier alpha value is -0.0400. The molecule has 15 heavy (non-hydrogen) atoms. The smallest absolute Gasteiger partial charge is 0.00929 e. The first-order valence-corrected chi connectivity index (χ1v) is 6.88. The van der Waals surface area contributed by atoms with Crippen LogP contribution in [0.15, 0.2) is 0 Å². The third-order valence-corrected chi connectivity index (χ3v) is 4.17. The van der Waals surface area contributed by atoms with Gasteiger partial charge in [-0.2, -0.15) is 0 Å². The maximum atomic E-state index is 3.84. The molecule has 0 radical (unpaired) electrons. The van der Waals surface area contributed by atoms with Gasteiger partial charge in [0.2, 0.25) is 0 Å². The minimum absolute atomic E-state index is 0.705. The minimum Gasteiger partial charge on any atom is -0.313 e. The lowest BCUT2D eigenvalue weighted by molar-refractivity contribution is 0.331. The average Bonchev–Trinajstić information content (AvgIpc) is 3.01. The predicted molar refractivity (Wildman–Crippen MR) is 65.9 cm³/mol. The first-order valence-electron chi connectivity index (χ1n) is 6.88. The SMILES string of the molecule is CCC(NCC1(CC(C)C)CC1)C1CC1. The summed E-state index contributed by atoms with van der Waals surface area (Å²) in [5.41, 5.74) is 0.705. The van der Waals surface area contributed by atoms with Gasteiger partial charge >= 0.3 is 0 Å². The van der Waals surface area contributed by atoms with Crippen LogP contribution in [0, 0.1) is 17.3 Å². The summed E-state index contributed by atoms with van der Waals surface area (Å²) in [6.45, 7) is 8.34. The minimum atomic E-state index is 0.705. The summed E-state index contributed by atoms with van der Waals surface area (Å²) >= 11 is 0. The van der Waals surface area contributed by atoms with Crippen molar-refractivity contribution >= 4 is 0 Å². The van der Waals surface area contributed by atoms with E-state index < -0.39 is 0 Å². The second-order valence-electron chi connectivity index (χ2n) is 6.33. The van der Waals surface area contributed by atoms with E-state index in [0.717, 1.165) is 17.9 Å². The Kier molecular flexibility index (Phi) is 3.39. The molecule has 2 saturated carbocycles. The van der Waals surface area contributed by atoms with Gasteiger partial charge in [0.1, 0.15) is 0 Å². The third-order valence-electron chi connectivity index (χ3n) is 4.17. The molecule has 2 aliphatic carbocycles. The predicted octanol–water partition coefficient (Wildman–Crippen LogP) is 3.59. The number of hydrogen-bond donors (Lipinski definition) is 1. The molecule has 1 atom stereocenters. The molecule has 0 bridgehead atoms. The molecular weight excluding hydrogens is 182 g/mol. The lowest BCUT2D eigenvalue weighted by Gasteiger charge is -2.23. The van der Waals surface area contributed by atoms with Gasteiger partial charge in [-0.05, 0) is 55.8 Å². The summed E-state index contributed by atoms with van der Waals surface area (Å²) in [6, 6.07) is 0.828. The molecule has 1 heteroatoms. The molecule has 1 unspecified atom stereocenters. The molecule has 0 saturated heterocycles. The average molecular weight is 209 g/mol. The van der Waals surface area contributed by atoms with Crippen LogP contribution in [0.2, 0.25) is 0 Å². The first-order chi connectivity index (χ1) is 7.15. The molecule has 2 rings (SSSR count). The fraction of sp³-hybridized carbons (Fsp3) is 1.00. The molecule has 2 fully saturated rings. The fourth-order valence-electron chi connectivity index (χ4n) is 2.99. The zero-order valence-corrected chi connectivity index (χ0v) is 10.7. The van der Waals surface area contributed by atoms with Crippen molar-refractivity contribution in [2.24, 2.45) is 17.3 Å². The zero-order chi connectivity index (χ0) is 10.9. The molecule has 0 aromatic carbocycles. The molecule has 88 valence electrons. The van der Waals surface area contributed by atoms with E-state index in [0.29, 0.717) is 5.41 Å². The quantitative estimate of drug-likeness (QED) is 0.675. The van der Waals surface area contributed by atoms with Crippen LogP contribution in [0.25, 0.3) is 0 Å². The largest absolute Gasteiger partial charge is 0.313 e. The van der Waals surface area contributed by atoms with E-state index in [1.807, 2.05) is 0 Å². The number of nitrogens with one attached hydrogen (secondary N) is 1. The van der Waals surface area contributed by atoms with Crippen molar-refractivity contribution in [1.29, 1.82) is 0 Å². The van der Waals surface area contributed by atoms with E-state index in [1.165, 1.54) is 45.1 Å². The summed E-state index contributed by atoms with van der Waals surface area (Å²) in [5.74, 6) is 1.89. The van der Waals surface area contributed by atoms with Crippen molar-refractivity contribution in [2.45, 2.75) is 65.3 Å². The van der Waals surface area contributed by atoms with E-state index in [4.69, 9.17) is 0 Å². The summed E-state index contributed by atoms with van der Waals surface area (Å²) in [6.07, 6.45) is 8.65. The van der Waals surface area contributed by atoms with Crippen LogP contribution in [-0.4, -0.2) is 12.6 Å². The highest BCUT2D eigenvalue weighted by Gasteiger charge is 2.43. The highest BCUT2D eigenvalue weighted by atomic mass is 14.9. The van der Waals surface area contributed by atoms with E-state index >= 15 is 0 Å². The standard InChI is InChI=1S/C14H27N/c1-4-13(12-5-6-12)15-10-14(7-8-14)9-11(2)3/h11-13,15H,4-10H2,1-3H3. The van der Waals surface area contributed by atoms with Gasteiger partial charge in [-0.1, -0.05) is 20.8 Å². The molecule has 1 nitrogen and oxygen atoms in total. The Bertz CT molecular complexity index is 201. The Labute approximate surface area is 95.0 Å². The number of rotatable bonds is 7. The molecule has 0 amide bonds. The van der Waals surface area contributed by atoms with E-state index in [1.54, 1.807) is 0 Å². The maximum Gasteiger partial charge on any atom is 0.00929 e. The summed E-state index contributed by atoms with van der Waals surface area (Å²) in [5, 5.41) is 3.84. The van der Waals surface area contributed by atoms with Crippen LogP contribution in [-0.2, 0) is 0 Å². The molecule has 1 N–H and O–H groups in total. The highest BCUT2D eigenvalue weighted by Crippen LogP contribution is 2.50. The zero-order valence-electron chi connectivity index (χ0n) is 10.7. The first kappa shape index (κ1) is 11.4. The lowest BCUT2D eigenvalue weighted by atomic mass is 9.93. The van der Waals surface area contributed by atoms with Gasteiger partial charge in [-0.25, -0.2) is 0 Å². The van der Waals surface area contributed by atoms with E-state index in [9.17, 15) is 0 Å². The fourth-order valence-corrected chi connectivity index (χ4v) is 2.99. The van der Waals surface area contributed by atoms with Crippen LogP contribution >= 0.6 is 0 Å². The molecule has 0 aromatic rings. The van der Waals surface area contributed by atoms with E-state index in [2.05, 4.69) is 26.1 Å². The van der Waals surface area contributed by atoms with Gasteiger partial charge in [0.15, 0.2) is 0 Å². The van der Waals surface area contributed by atoms with Crippen LogP contribution in [0.3, 0.4) is 0 Å². The summed E-state index contributed by atoms with van der Waals surface area (Å²) in [7, 11) is 0. The topological polar surface area (TPSA) is 12.0 Å². The van der Waals surface area contributed by atoms with Gasteiger partial charge in [0, 0.05) is 12.6 Å². The Morgan fingerprint density at radius 2 is 1.93 bits per heavy atom. The Morgan fingerprint density at radius 3 is 2.33 bits per heavy atom. The summed E-state index contributed by atoms with van der Waals surface area (Å²) < 4.78 is 0. The Morgan fingerprint density at radius 1 is 1.27 bits per heavy atom. The highest BCUT2D eigenvalue weighted by molar-refractivity contribution is 4.97. The van der Waals surface area contributed by atoms with Crippen molar-refractivity contribution in [3.63, 3.8) is 0 Å². The lowest BCUT2D eigenvalue weighted by Crippen LogP contribution is -2.35. The molecule has 2 aliphatic rings. The normalized spacial score (nSPS) is 25.6. The van der Waals surface area contributed by atoms with Crippen LogP contribution in [0.5, 0.6) is 0 Å². The van der Waals surface area contributed by atoms with Crippen LogP contribution in [0.1, 0.15) is 59.3 Å². The van der Waals surface area contributed by atoms with Crippen LogP contribution in [0.4, 0.5) is 0 Å². The maximum absolute atomic E-state index is 3.84. The van der Waals surface area contributed by atoms with E-state index in [-0.39, 0.29) is 0 Å². The monoisotopic (exact) mass is 209 g/mol. The van der Waals surface area contributed by atoms with Gasteiger partial charge in [-0.3, -0.25) is 0 Å². The third kappa shape index (κ3) is 3.21. The van der Waals surface area contributed by atoms with Gasteiger partial charge in [0.05, 0.1) is 0 Å². The van der Waals surface area contributed by atoms with Gasteiger partial charge in [-0.15, -0.1) is 0 Å². The molecule has 0 heterocycles. The second-order valence-corrected chi connectivity index (χ2v) is 6.33.